The molecule has 0 fully saturated rings. The maximum Gasteiger partial charge on any atom is 0.270 e. The SMILES string of the molecule is CN(CCN)c1nccc(-c2cccc([N+](=O)[O-])c2)n1. The number of rotatable bonds is 5. The van der Waals surface area contributed by atoms with Crippen LogP contribution in [0, 0.1) is 10.1 Å². The van der Waals surface area contributed by atoms with E-state index in [1.165, 1.54) is 12.1 Å². The molecule has 0 bridgehead atoms. The first-order valence-corrected chi connectivity index (χ1v) is 6.11. The second-order valence-electron chi connectivity index (χ2n) is 4.26. The third-order valence-corrected chi connectivity index (χ3v) is 2.80. The molecular formula is C13H15N5O2. The van der Waals surface area contributed by atoms with Gasteiger partial charge in [-0.25, -0.2) is 9.97 Å². The first-order chi connectivity index (χ1) is 9.61. The molecule has 0 saturated carbocycles. The second-order valence-corrected chi connectivity index (χ2v) is 4.26. The minimum Gasteiger partial charge on any atom is -0.343 e. The third-order valence-electron chi connectivity index (χ3n) is 2.80. The molecule has 1 aromatic heterocycles. The van der Waals surface area contributed by atoms with Crippen molar-refractivity contribution in [3.05, 3.63) is 46.6 Å². The highest BCUT2D eigenvalue weighted by atomic mass is 16.6. The van der Waals surface area contributed by atoms with Gasteiger partial charge in [0.1, 0.15) is 0 Å². The highest BCUT2D eigenvalue weighted by Gasteiger charge is 2.10. The number of nitrogens with two attached hydrogens (primary N) is 1. The highest BCUT2D eigenvalue weighted by Crippen LogP contribution is 2.23. The maximum atomic E-state index is 10.8. The Kier molecular flexibility index (Phi) is 4.21. The first-order valence-electron chi connectivity index (χ1n) is 6.11. The fraction of sp³-hybridized carbons (Fsp3) is 0.231. The van der Waals surface area contributed by atoms with Gasteiger partial charge in [0.15, 0.2) is 0 Å². The van der Waals surface area contributed by atoms with Crippen LogP contribution in [0.2, 0.25) is 0 Å². The summed E-state index contributed by atoms with van der Waals surface area (Å²) in [6, 6.07) is 8.08. The van der Waals surface area contributed by atoms with Crippen LogP contribution < -0.4 is 10.6 Å². The summed E-state index contributed by atoms with van der Waals surface area (Å²) in [5.41, 5.74) is 6.86. The number of hydrogen-bond donors (Lipinski definition) is 1. The quantitative estimate of drug-likeness (QED) is 0.654. The van der Waals surface area contributed by atoms with Crippen molar-refractivity contribution in [1.29, 1.82) is 0 Å². The van der Waals surface area contributed by atoms with Gasteiger partial charge >= 0.3 is 0 Å². The van der Waals surface area contributed by atoms with Crippen molar-refractivity contribution in [3.63, 3.8) is 0 Å². The molecule has 2 aromatic rings. The lowest BCUT2D eigenvalue weighted by molar-refractivity contribution is -0.384. The molecule has 0 atom stereocenters. The summed E-state index contributed by atoms with van der Waals surface area (Å²) in [5.74, 6) is 0.541. The Morgan fingerprint density at radius 1 is 1.40 bits per heavy atom. The van der Waals surface area contributed by atoms with E-state index >= 15 is 0 Å². The second kappa shape index (κ2) is 6.07. The van der Waals surface area contributed by atoms with E-state index in [4.69, 9.17) is 5.73 Å². The van der Waals surface area contributed by atoms with Gasteiger partial charge in [0.05, 0.1) is 10.6 Å². The molecule has 0 saturated heterocycles. The van der Waals surface area contributed by atoms with Gasteiger partial charge in [-0.05, 0) is 6.07 Å². The van der Waals surface area contributed by atoms with E-state index in [9.17, 15) is 10.1 Å². The van der Waals surface area contributed by atoms with Crippen molar-refractivity contribution in [2.24, 2.45) is 5.73 Å². The highest BCUT2D eigenvalue weighted by molar-refractivity contribution is 5.63. The first kappa shape index (κ1) is 13.9. The summed E-state index contributed by atoms with van der Waals surface area (Å²) in [7, 11) is 1.85. The summed E-state index contributed by atoms with van der Waals surface area (Å²) in [5, 5.41) is 10.8. The van der Waals surface area contributed by atoms with E-state index < -0.39 is 4.92 Å². The number of nitro benzene ring substituents is 1. The zero-order chi connectivity index (χ0) is 14.5. The molecule has 7 heteroatoms. The molecule has 0 aliphatic rings. The van der Waals surface area contributed by atoms with Gasteiger partial charge in [0.25, 0.3) is 5.69 Å². The molecule has 0 radical (unpaired) electrons. The van der Waals surface area contributed by atoms with Gasteiger partial charge in [-0.2, -0.15) is 0 Å². The van der Waals surface area contributed by atoms with E-state index in [0.29, 0.717) is 30.3 Å². The Morgan fingerprint density at radius 2 is 2.20 bits per heavy atom. The largest absolute Gasteiger partial charge is 0.343 e. The van der Waals surface area contributed by atoms with Crippen molar-refractivity contribution >= 4 is 11.6 Å². The van der Waals surface area contributed by atoms with Gasteiger partial charge in [-0.1, -0.05) is 12.1 Å². The van der Waals surface area contributed by atoms with Crippen LogP contribution in [0.4, 0.5) is 11.6 Å². The van der Waals surface area contributed by atoms with Crippen LogP contribution in [-0.4, -0.2) is 35.0 Å². The number of non-ortho nitro benzene ring substituents is 1. The number of aromatic nitrogens is 2. The smallest absolute Gasteiger partial charge is 0.270 e. The molecule has 7 nitrogen and oxygen atoms in total. The van der Waals surface area contributed by atoms with Crippen LogP contribution >= 0.6 is 0 Å². The van der Waals surface area contributed by atoms with Gasteiger partial charge in [-0.3, -0.25) is 10.1 Å². The molecule has 20 heavy (non-hydrogen) atoms. The standard InChI is InChI=1S/C13H15N5O2/c1-17(8-6-14)13-15-7-5-12(16-13)10-3-2-4-11(9-10)18(19)20/h2-5,7,9H,6,8,14H2,1H3. The average molecular weight is 273 g/mol. The van der Waals surface area contributed by atoms with Gasteiger partial charge in [-0.15, -0.1) is 0 Å². The molecule has 104 valence electrons. The fourth-order valence-corrected chi connectivity index (χ4v) is 1.77. The summed E-state index contributed by atoms with van der Waals surface area (Å²) >= 11 is 0. The third kappa shape index (κ3) is 3.07. The monoisotopic (exact) mass is 273 g/mol. The molecule has 2 N–H and O–H groups in total. The van der Waals surface area contributed by atoms with Crippen LogP contribution in [0.25, 0.3) is 11.3 Å². The minimum atomic E-state index is -0.424. The summed E-state index contributed by atoms with van der Waals surface area (Å²) in [4.78, 5) is 20.8. The van der Waals surface area contributed by atoms with Crippen LogP contribution in [0.15, 0.2) is 36.5 Å². The molecule has 0 aliphatic carbocycles. The lowest BCUT2D eigenvalue weighted by Crippen LogP contribution is -2.26. The summed E-state index contributed by atoms with van der Waals surface area (Å²) in [6.07, 6.45) is 1.63. The lowest BCUT2D eigenvalue weighted by Gasteiger charge is -2.16. The van der Waals surface area contributed by atoms with Gasteiger partial charge < -0.3 is 10.6 Å². The number of likely N-dealkylation sites (N-methyl/N-ethyl adjacent to an activating group) is 1. The van der Waals surface area contributed by atoms with Crippen LogP contribution in [0.5, 0.6) is 0 Å². The number of benzene rings is 1. The number of hydrogen-bond acceptors (Lipinski definition) is 6. The lowest BCUT2D eigenvalue weighted by atomic mass is 10.1. The zero-order valence-corrected chi connectivity index (χ0v) is 11.1. The van der Waals surface area contributed by atoms with Crippen LogP contribution in [0.3, 0.4) is 0 Å². The van der Waals surface area contributed by atoms with E-state index in [0.717, 1.165) is 0 Å². The molecule has 0 unspecified atom stereocenters. The molecular weight excluding hydrogens is 258 g/mol. The Morgan fingerprint density at radius 3 is 2.90 bits per heavy atom. The molecule has 1 aromatic carbocycles. The Bertz CT molecular complexity index is 617. The van der Waals surface area contributed by atoms with Gasteiger partial charge in [0, 0.05) is 44.0 Å². The van der Waals surface area contributed by atoms with E-state index in [2.05, 4.69) is 9.97 Å². The topological polar surface area (TPSA) is 98.2 Å². The molecule has 1 heterocycles. The normalized spacial score (nSPS) is 10.3. The predicted octanol–water partition coefficient (Wildman–Crippen LogP) is 1.45. The number of nitrogens with zero attached hydrogens (tertiary/aromatic N) is 4. The van der Waals surface area contributed by atoms with Crippen molar-refractivity contribution in [2.45, 2.75) is 0 Å². The zero-order valence-electron chi connectivity index (χ0n) is 11.1. The van der Waals surface area contributed by atoms with Crippen molar-refractivity contribution in [3.8, 4) is 11.3 Å². The average Bonchev–Trinajstić information content (AvgIpc) is 2.48. The number of anilines is 1. The maximum absolute atomic E-state index is 10.8. The molecule has 2 rings (SSSR count). The van der Waals surface area contributed by atoms with Crippen molar-refractivity contribution < 1.29 is 4.92 Å². The number of nitro groups is 1. The predicted molar refractivity (Wildman–Crippen MR) is 76.4 cm³/mol. The summed E-state index contributed by atoms with van der Waals surface area (Å²) in [6.45, 7) is 1.14. The van der Waals surface area contributed by atoms with Crippen molar-refractivity contribution in [1.82, 2.24) is 9.97 Å². The van der Waals surface area contributed by atoms with Crippen LogP contribution in [0.1, 0.15) is 0 Å². The Balaban J connectivity index is 2.35. The minimum absolute atomic E-state index is 0.0398. The summed E-state index contributed by atoms with van der Waals surface area (Å²) < 4.78 is 0. The van der Waals surface area contributed by atoms with E-state index in [-0.39, 0.29) is 5.69 Å². The molecule has 0 aliphatic heterocycles. The van der Waals surface area contributed by atoms with Crippen LogP contribution in [-0.2, 0) is 0 Å². The molecule has 0 amide bonds. The van der Waals surface area contributed by atoms with Crippen molar-refractivity contribution in [2.75, 3.05) is 25.0 Å². The Labute approximate surface area is 116 Å². The fourth-order valence-electron chi connectivity index (χ4n) is 1.77. The molecule has 0 spiro atoms. The van der Waals surface area contributed by atoms with Gasteiger partial charge in [0.2, 0.25) is 5.95 Å². The Hall–Kier alpha value is -2.54. The van der Waals surface area contributed by atoms with E-state index in [1.54, 1.807) is 24.4 Å². The van der Waals surface area contributed by atoms with E-state index in [1.807, 2.05) is 11.9 Å².